The van der Waals surface area contributed by atoms with Gasteiger partial charge in [0.2, 0.25) is 10.0 Å². The predicted octanol–water partition coefficient (Wildman–Crippen LogP) is 7.06. The largest absolute Gasteiger partial charge is 0.392 e. The van der Waals surface area contributed by atoms with Crippen molar-refractivity contribution in [1.82, 2.24) is 9.71 Å². The van der Waals surface area contributed by atoms with E-state index in [4.69, 9.17) is 9.47 Å². The summed E-state index contributed by atoms with van der Waals surface area (Å²) >= 11 is 1.66. The van der Waals surface area contributed by atoms with Crippen molar-refractivity contribution in [2.24, 2.45) is 0 Å². The molecule has 0 spiro atoms. The number of aromatic nitrogens is 1. The Bertz CT molecular complexity index is 1790. The number of nitrogens with zero attached hydrogens (tertiary/aromatic N) is 1. The zero-order valence-corrected chi connectivity index (χ0v) is 26.2. The van der Waals surface area contributed by atoms with Crippen LogP contribution < -0.4 is 4.72 Å². The monoisotopic (exact) mass is 638 g/mol. The Hall–Kier alpha value is -3.83. The molecular weight excluding hydrogens is 605 g/mol. The maximum atomic E-state index is 12.8. The first kappa shape index (κ1) is 31.2. The standard InChI is InChI=1S/C36H34N2O5S2/c39-24-26-13-15-28(16-14-26)34-22-31(25-44-35-12-6-7-21-37-35)42-36(43-34)29-19-17-27(18-20-29)33-11-5-4-8-30(33)23-38-45(40,41)32-9-2-1-3-10-32/h1-21,31,34,36,38-39H,22-25H2. The summed E-state index contributed by atoms with van der Waals surface area (Å²) in [5.41, 5.74) is 5.56. The van der Waals surface area contributed by atoms with Crippen LogP contribution in [0.2, 0.25) is 0 Å². The Labute approximate surface area is 268 Å². The van der Waals surface area contributed by atoms with Gasteiger partial charge in [-0.25, -0.2) is 18.1 Å². The third-order valence-corrected chi connectivity index (χ3v) is 10.2. The van der Waals surface area contributed by atoms with E-state index < -0.39 is 16.3 Å². The lowest BCUT2D eigenvalue weighted by Gasteiger charge is -2.36. The fourth-order valence-electron chi connectivity index (χ4n) is 5.27. The van der Waals surface area contributed by atoms with Crippen LogP contribution in [0.25, 0.3) is 11.1 Å². The summed E-state index contributed by atoms with van der Waals surface area (Å²) in [4.78, 5) is 4.67. The van der Waals surface area contributed by atoms with Gasteiger partial charge in [0.05, 0.1) is 28.7 Å². The molecule has 45 heavy (non-hydrogen) atoms. The molecule has 2 N–H and O–H groups in total. The maximum Gasteiger partial charge on any atom is 0.240 e. The number of ether oxygens (including phenoxy) is 2. The third kappa shape index (κ3) is 7.88. The fourth-order valence-corrected chi connectivity index (χ4v) is 7.17. The fraction of sp³-hybridized carbons (Fsp3) is 0.194. The van der Waals surface area contributed by atoms with Gasteiger partial charge in [-0.15, -0.1) is 11.8 Å². The van der Waals surface area contributed by atoms with E-state index in [9.17, 15) is 13.5 Å². The van der Waals surface area contributed by atoms with E-state index in [-0.39, 0.29) is 30.3 Å². The van der Waals surface area contributed by atoms with E-state index in [1.807, 2.05) is 91.0 Å². The molecule has 0 aliphatic carbocycles. The molecule has 3 atom stereocenters. The van der Waals surface area contributed by atoms with E-state index in [0.717, 1.165) is 44.2 Å². The molecule has 2 heterocycles. The number of nitrogens with one attached hydrogen (secondary N) is 1. The predicted molar refractivity (Wildman–Crippen MR) is 176 cm³/mol. The van der Waals surface area contributed by atoms with Crippen LogP contribution >= 0.6 is 11.8 Å². The first-order chi connectivity index (χ1) is 22.0. The molecular formula is C36H34N2O5S2. The first-order valence-electron chi connectivity index (χ1n) is 14.8. The van der Waals surface area contributed by atoms with E-state index in [2.05, 4.69) is 9.71 Å². The van der Waals surface area contributed by atoms with Crippen molar-refractivity contribution >= 4 is 21.8 Å². The highest BCUT2D eigenvalue weighted by Crippen LogP contribution is 2.40. The van der Waals surface area contributed by atoms with Gasteiger partial charge in [0, 0.05) is 30.5 Å². The summed E-state index contributed by atoms with van der Waals surface area (Å²) in [5.74, 6) is 0.729. The molecule has 0 radical (unpaired) electrons. The molecule has 1 fully saturated rings. The number of pyridine rings is 1. The average Bonchev–Trinajstić information content (AvgIpc) is 3.11. The first-order valence-corrected chi connectivity index (χ1v) is 17.2. The Morgan fingerprint density at radius 3 is 2.24 bits per heavy atom. The van der Waals surface area contributed by atoms with Crippen molar-refractivity contribution in [3.05, 3.63) is 150 Å². The minimum absolute atomic E-state index is 0.00470. The van der Waals surface area contributed by atoms with Gasteiger partial charge < -0.3 is 14.6 Å². The van der Waals surface area contributed by atoms with Crippen LogP contribution in [0.4, 0.5) is 0 Å². The Morgan fingerprint density at radius 2 is 1.51 bits per heavy atom. The van der Waals surface area contributed by atoms with Crippen molar-refractivity contribution in [2.45, 2.75) is 48.0 Å². The molecule has 5 aromatic rings. The molecule has 9 heteroatoms. The minimum Gasteiger partial charge on any atom is -0.392 e. The lowest BCUT2D eigenvalue weighted by atomic mass is 9.98. The molecule has 4 aromatic carbocycles. The zero-order valence-electron chi connectivity index (χ0n) is 24.5. The van der Waals surface area contributed by atoms with Gasteiger partial charge in [-0.2, -0.15) is 0 Å². The molecule has 0 saturated carbocycles. The lowest BCUT2D eigenvalue weighted by molar-refractivity contribution is -0.245. The number of hydrogen-bond donors (Lipinski definition) is 2. The number of aliphatic hydroxyl groups is 1. The number of benzene rings is 4. The van der Waals surface area contributed by atoms with Crippen molar-refractivity contribution in [3.63, 3.8) is 0 Å². The van der Waals surface area contributed by atoms with Crippen molar-refractivity contribution in [3.8, 4) is 11.1 Å². The SMILES string of the molecule is O=S(=O)(NCc1ccccc1-c1ccc(C2OC(CSc3ccccn3)CC(c3ccc(CO)cc3)O2)cc1)c1ccccc1. The van der Waals surface area contributed by atoms with E-state index >= 15 is 0 Å². The summed E-state index contributed by atoms with van der Waals surface area (Å²) < 4.78 is 41.4. The number of hydrogen-bond acceptors (Lipinski definition) is 7. The van der Waals surface area contributed by atoms with E-state index in [0.29, 0.717) is 6.42 Å². The summed E-state index contributed by atoms with van der Waals surface area (Å²) in [6, 6.07) is 37.9. The second-order valence-electron chi connectivity index (χ2n) is 10.7. The minimum atomic E-state index is -3.64. The summed E-state index contributed by atoms with van der Waals surface area (Å²) in [6.45, 7) is 0.158. The summed E-state index contributed by atoms with van der Waals surface area (Å²) in [6.07, 6.45) is 1.66. The van der Waals surface area contributed by atoms with Gasteiger partial charge in [0.15, 0.2) is 6.29 Å². The van der Waals surface area contributed by atoms with E-state index in [1.54, 1.807) is 48.3 Å². The number of sulfonamides is 1. The Kier molecular flexibility index (Phi) is 10.0. The van der Waals surface area contributed by atoms with Crippen LogP contribution in [0.3, 0.4) is 0 Å². The number of rotatable bonds is 11. The highest BCUT2D eigenvalue weighted by molar-refractivity contribution is 7.99. The molecule has 230 valence electrons. The van der Waals surface area contributed by atoms with Gasteiger partial charge in [-0.05, 0) is 52.1 Å². The molecule has 1 aliphatic heterocycles. The second-order valence-corrected chi connectivity index (χ2v) is 13.6. The Morgan fingerprint density at radius 1 is 0.800 bits per heavy atom. The average molecular weight is 639 g/mol. The summed E-state index contributed by atoms with van der Waals surface area (Å²) in [7, 11) is -3.64. The maximum absolute atomic E-state index is 12.8. The molecule has 1 aromatic heterocycles. The molecule has 0 amide bonds. The highest BCUT2D eigenvalue weighted by Gasteiger charge is 2.32. The highest BCUT2D eigenvalue weighted by atomic mass is 32.2. The van der Waals surface area contributed by atoms with Gasteiger partial charge in [0.25, 0.3) is 0 Å². The number of aliphatic hydroxyl groups excluding tert-OH is 1. The van der Waals surface area contributed by atoms with Gasteiger partial charge in [0.1, 0.15) is 0 Å². The van der Waals surface area contributed by atoms with E-state index in [1.165, 1.54) is 0 Å². The molecule has 0 bridgehead atoms. The summed E-state index contributed by atoms with van der Waals surface area (Å²) in [5, 5.41) is 10.4. The van der Waals surface area contributed by atoms with Crippen LogP contribution in [0.1, 0.15) is 41.1 Å². The van der Waals surface area contributed by atoms with Crippen LogP contribution in [0, 0.1) is 0 Å². The molecule has 1 aliphatic rings. The molecule has 3 unspecified atom stereocenters. The van der Waals surface area contributed by atoms with Crippen molar-refractivity contribution in [2.75, 3.05) is 5.75 Å². The molecule has 7 nitrogen and oxygen atoms in total. The zero-order chi connectivity index (χ0) is 31.1. The normalized spacial score (nSPS) is 18.5. The lowest BCUT2D eigenvalue weighted by Crippen LogP contribution is -2.31. The van der Waals surface area contributed by atoms with Gasteiger partial charge in [-0.3, -0.25) is 0 Å². The van der Waals surface area contributed by atoms with Crippen LogP contribution in [0.5, 0.6) is 0 Å². The molecule has 6 rings (SSSR count). The van der Waals surface area contributed by atoms with Crippen molar-refractivity contribution in [1.29, 1.82) is 0 Å². The second kappa shape index (κ2) is 14.5. The van der Waals surface area contributed by atoms with Gasteiger partial charge >= 0.3 is 0 Å². The molecule has 1 saturated heterocycles. The van der Waals surface area contributed by atoms with Crippen LogP contribution in [-0.4, -0.2) is 30.4 Å². The van der Waals surface area contributed by atoms with Crippen LogP contribution in [0.15, 0.2) is 137 Å². The van der Waals surface area contributed by atoms with Crippen molar-refractivity contribution < 1.29 is 23.0 Å². The topological polar surface area (TPSA) is 97.8 Å². The third-order valence-electron chi connectivity index (χ3n) is 7.69. The van der Waals surface area contributed by atoms with Crippen LogP contribution in [-0.2, 0) is 32.6 Å². The number of thioether (sulfide) groups is 1. The smallest absolute Gasteiger partial charge is 0.240 e. The van der Waals surface area contributed by atoms with Gasteiger partial charge in [-0.1, -0.05) is 97.1 Å². The Balaban J connectivity index is 1.20. The quantitative estimate of drug-likeness (QED) is 0.150.